The van der Waals surface area contributed by atoms with Crippen LogP contribution in [-0.2, 0) is 0 Å². The first-order valence-electron chi connectivity index (χ1n) is 5.72. The molecule has 15 heavy (non-hydrogen) atoms. The van der Waals surface area contributed by atoms with Gasteiger partial charge in [-0.1, -0.05) is 0 Å². The Morgan fingerprint density at radius 3 is 2.67 bits per heavy atom. The fourth-order valence-corrected chi connectivity index (χ4v) is 2.36. The molecule has 0 spiro atoms. The molecule has 72 valence electrons. The zero-order valence-electron chi connectivity index (χ0n) is 10.4. The molecule has 0 amide bonds. The van der Waals surface area contributed by atoms with E-state index >= 15 is 0 Å². The van der Waals surface area contributed by atoms with Crippen molar-refractivity contribution in [2.75, 3.05) is 0 Å². The van der Waals surface area contributed by atoms with Crippen LogP contribution in [0.1, 0.15) is 24.8 Å². The quantitative estimate of drug-likeness (QED) is 0.466. The van der Waals surface area contributed by atoms with Gasteiger partial charge in [0.2, 0.25) is 0 Å². The summed E-state index contributed by atoms with van der Waals surface area (Å²) in [7, 11) is 7.60. The summed E-state index contributed by atoms with van der Waals surface area (Å²) >= 11 is 1.84. The van der Waals surface area contributed by atoms with Gasteiger partial charge in [0.05, 0.1) is 0 Å². The van der Waals surface area contributed by atoms with Crippen molar-refractivity contribution >= 4 is 71.4 Å². The molecule has 0 saturated carbocycles. The number of hydrogen-bond acceptors (Lipinski definition) is 2. The summed E-state index contributed by atoms with van der Waals surface area (Å²) in [4.78, 5) is 4.67. The summed E-state index contributed by atoms with van der Waals surface area (Å²) in [5, 5.41) is 1.26. The molecule has 1 aromatic heterocycles. The number of thiazole rings is 1. The molecule has 0 radical (unpaired) electrons. The maximum absolute atomic E-state index is 4.67. The van der Waals surface area contributed by atoms with E-state index in [1.165, 1.54) is 15.4 Å². The summed E-state index contributed by atoms with van der Waals surface area (Å²) in [5.74, 6) is 2.79. The zero-order chi connectivity index (χ0) is 11.4. The van der Waals surface area contributed by atoms with Gasteiger partial charge in [-0.25, -0.2) is 0 Å². The molecule has 0 N–H and O–H groups in total. The summed E-state index contributed by atoms with van der Waals surface area (Å²) in [5.41, 5.74) is 1.25. The third kappa shape index (κ3) is 3.75. The van der Waals surface area contributed by atoms with E-state index in [0.717, 1.165) is 7.17 Å². The molecule has 0 aliphatic rings. The van der Waals surface area contributed by atoms with Crippen molar-refractivity contribution in [3.63, 3.8) is 0 Å². The number of aromatic nitrogens is 1. The van der Waals surface area contributed by atoms with Crippen LogP contribution >= 0.6 is 11.3 Å². The molecule has 0 aliphatic heterocycles. The van der Waals surface area contributed by atoms with Crippen LogP contribution < -0.4 is 10.4 Å². The Morgan fingerprint density at radius 2 is 2.20 bits per heavy atom. The molecule has 0 aliphatic carbocycles. The van der Waals surface area contributed by atoms with Gasteiger partial charge in [0, 0.05) is 0 Å². The van der Waals surface area contributed by atoms with Crippen LogP contribution in [0.4, 0.5) is 0 Å². The van der Waals surface area contributed by atoms with E-state index in [0.29, 0.717) is 12.4 Å². The van der Waals surface area contributed by atoms with Crippen molar-refractivity contribution in [3.8, 4) is 0 Å². The van der Waals surface area contributed by atoms with Gasteiger partial charge in [0.25, 0.3) is 0 Å². The average Bonchev–Trinajstić information content (AvgIpc) is 2.57. The van der Waals surface area contributed by atoms with Crippen LogP contribution in [0.15, 0.2) is 0 Å². The molecule has 0 unspecified atom stereocenters. The number of hydrogen-bond donors (Lipinski definition) is 0. The van der Waals surface area contributed by atoms with Crippen LogP contribution in [0.2, 0.25) is 0 Å². The maximum atomic E-state index is 4.67. The Hall–Kier alpha value is -0.110. The van der Waals surface area contributed by atoms with Crippen LogP contribution in [-0.4, -0.2) is 54.6 Å². The van der Waals surface area contributed by atoms with Crippen molar-refractivity contribution < 1.29 is 0 Å². The van der Waals surface area contributed by atoms with E-state index in [2.05, 4.69) is 54.8 Å². The Bertz CT molecular complexity index is 347. The summed E-state index contributed by atoms with van der Waals surface area (Å²) in [6.45, 7) is 7.24. The summed E-state index contributed by atoms with van der Waals surface area (Å²) < 4.78 is 1.34. The Balaban J connectivity index is 2.95. The Kier molecular flexibility index (Phi) is 5.04. The molecule has 0 bridgehead atoms. The SMILES string of the molecule is BBc1nc(C(C)C)sc1/B=C\B(B)B. The number of rotatable bonds is 4. The van der Waals surface area contributed by atoms with Crippen LogP contribution in [0.5, 0.6) is 0 Å². The summed E-state index contributed by atoms with van der Waals surface area (Å²) in [6.07, 6.45) is 0. The third-order valence-electron chi connectivity index (χ3n) is 2.21. The van der Waals surface area contributed by atoms with Gasteiger partial charge < -0.3 is 0 Å². The second-order valence-electron chi connectivity index (χ2n) is 4.47. The van der Waals surface area contributed by atoms with Crippen LogP contribution in [0.25, 0.3) is 0 Å². The molecule has 1 rings (SSSR count). The molecule has 0 saturated heterocycles. The summed E-state index contributed by atoms with van der Waals surface area (Å²) in [6, 6.07) is 0. The predicted octanol–water partition coefficient (Wildman–Crippen LogP) is -3.70. The molecule has 0 aromatic carbocycles. The third-order valence-corrected chi connectivity index (χ3v) is 3.57. The fourth-order valence-electron chi connectivity index (χ4n) is 1.29. The van der Waals surface area contributed by atoms with E-state index in [4.69, 9.17) is 0 Å². The normalized spacial score (nSPS) is 10.6. The molecular formula is C7H15B6NS. The fraction of sp³-hybridized carbons (Fsp3) is 0.429. The van der Waals surface area contributed by atoms with Gasteiger partial charge in [-0.3, -0.25) is 0 Å². The van der Waals surface area contributed by atoms with Crippen molar-refractivity contribution in [1.29, 1.82) is 0 Å². The van der Waals surface area contributed by atoms with E-state index in [-0.39, 0.29) is 0 Å². The van der Waals surface area contributed by atoms with E-state index in [9.17, 15) is 0 Å². The van der Waals surface area contributed by atoms with Gasteiger partial charge >= 0.3 is 101 Å². The van der Waals surface area contributed by atoms with E-state index < -0.39 is 0 Å². The van der Waals surface area contributed by atoms with Crippen LogP contribution in [0, 0.1) is 0 Å². The molecular weight excluding hydrogens is 195 g/mol. The van der Waals surface area contributed by atoms with Crippen molar-refractivity contribution in [1.82, 2.24) is 4.98 Å². The molecule has 1 aromatic rings. The second kappa shape index (κ2) is 5.83. The van der Waals surface area contributed by atoms with Crippen LogP contribution in [0.3, 0.4) is 0 Å². The van der Waals surface area contributed by atoms with Crippen molar-refractivity contribution in [2.45, 2.75) is 19.8 Å². The minimum atomic E-state index is 0.543. The monoisotopic (exact) mass is 211 g/mol. The van der Waals surface area contributed by atoms with Gasteiger partial charge in [-0.15, -0.1) is 0 Å². The van der Waals surface area contributed by atoms with E-state index in [1.54, 1.807) is 0 Å². The predicted molar refractivity (Wildman–Crippen MR) is 85.8 cm³/mol. The number of nitrogens with zero attached hydrogens (tertiary/aromatic N) is 1. The molecule has 1 nitrogen and oxygen atoms in total. The first-order valence-corrected chi connectivity index (χ1v) is 6.54. The van der Waals surface area contributed by atoms with Gasteiger partial charge in [0.1, 0.15) is 0 Å². The Labute approximate surface area is 101 Å². The zero-order valence-corrected chi connectivity index (χ0v) is 11.2. The molecule has 1 heterocycles. The van der Waals surface area contributed by atoms with Crippen molar-refractivity contribution in [3.05, 3.63) is 5.01 Å². The van der Waals surface area contributed by atoms with Crippen molar-refractivity contribution in [2.24, 2.45) is 0 Å². The van der Waals surface area contributed by atoms with Gasteiger partial charge in [-0.2, -0.15) is 0 Å². The van der Waals surface area contributed by atoms with Gasteiger partial charge in [0.15, 0.2) is 0 Å². The molecule has 0 fully saturated rings. The Morgan fingerprint density at radius 1 is 1.53 bits per heavy atom. The molecule has 0 atom stereocenters. The minimum absolute atomic E-state index is 0.543. The first kappa shape index (κ1) is 13.0. The van der Waals surface area contributed by atoms with E-state index in [1.807, 2.05) is 11.3 Å². The topological polar surface area (TPSA) is 12.9 Å². The van der Waals surface area contributed by atoms with Gasteiger partial charge in [-0.05, 0) is 0 Å². The second-order valence-corrected chi connectivity index (χ2v) is 5.54. The standard InChI is InChI=1S/C7H15B6NS/c1-4(2)7-14-5(12-8)6(15-7)11-3-13(9)10/h3-4,12H,8-10H2,1-2H3. The first-order chi connectivity index (χ1) is 7.04. The molecule has 8 heteroatoms. The average molecular weight is 210 g/mol.